The molecule has 3 heteroatoms. The van der Waals surface area contributed by atoms with E-state index in [1.54, 1.807) is 0 Å². The maximum Gasteiger partial charge on any atom is 0.305 e. The predicted octanol–water partition coefficient (Wildman–Crippen LogP) is 3.14. The Hall–Kier alpha value is -2.13. The number of aliphatic carboxylic acids is 1. The van der Waals surface area contributed by atoms with Crippen molar-refractivity contribution in [3.05, 3.63) is 59.7 Å². The summed E-state index contributed by atoms with van der Waals surface area (Å²) in [6, 6.07) is 15.5. The maximum atomic E-state index is 10.7. The summed E-state index contributed by atoms with van der Waals surface area (Å²) in [6.07, 6.45) is -0.0582. The lowest BCUT2D eigenvalue weighted by molar-refractivity contribution is -0.137. The third kappa shape index (κ3) is 3.42. The Morgan fingerprint density at radius 2 is 1.84 bits per heavy atom. The molecule has 0 bridgehead atoms. The first-order valence-electron chi connectivity index (χ1n) is 6.20. The van der Waals surface area contributed by atoms with Gasteiger partial charge in [-0.05, 0) is 29.7 Å². The molecule has 98 valence electrons. The van der Waals surface area contributed by atoms with Crippen molar-refractivity contribution in [2.75, 3.05) is 0 Å². The van der Waals surface area contributed by atoms with Crippen molar-refractivity contribution < 1.29 is 9.90 Å². The summed E-state index contributed by atoms with van der Waals surface area (Å²) in [4.78, 5) is 10.7. The molecule has 0 fully saturated rings. The van der Waals surface area contributed by atoms with Crippen LogP contribution in [0.25, 0.3) is 11.1 Å². The van der Waals surface area contributed by atoms with Gasteiger partial charge in [-0.1, -0.05) is 48.0 Å². The standard InChI is InChI=1S/C16H17NO2/c1-11-5-7-12(8-6-11)13-3-2-4-14(9-13)15(17)10-16(18)19/h2-9,15H,10,17H2,1H3,(H,18,19). The number of carboxylic acids is 1. The molecule has 19 heavy (non-hydrogen) atoms. The molecule has 0 saturated carbocycles. The van der Waals surface area contributed by atoms with Crippen LogP contribution in [-0.2, 0) is 4.79 Å². The van der Waals surface area contributed by atoms with E-state index in [9.17, 15) is 4.79 Å². The highest BCUT2D eigenvalue weighted by molar-refractivity contribution is 5.69. The predicted molar refractivity (Wildman–Crippen MR) is 75.8 cm³/mol. The molecule has 2 aromatic rings. The summed E-state index contributed by atoms with van der Waals surface area (Å²) >= 11 is 0. The van der Waals surface area contributed by atoms with Gasteiger partial charge in [-0.15, -0.1) is 0 Å². The summed E-state index contributed by atoms with van der Waals surface area (Å²) in [5.74, 6) is -0.881. The minimum absolute atomic E-state index is 0.0582. The van der Waals surface area contributed by atoms with Crippen LogP contribution in [0.5, 0.6) is 0 Å². The molecular weight excluding hydrogens is 238 g/mol. The van der Waals surface area contributed by atoms with Crippen LogP contribution in [-0.4, -0.2) is 11.1 Å². The SMILES string of the molecule is Cc1ccc(-c2cccc(C(N)CC(=O)O)c2)cc1. The van der Waals surface area contributed by atoms with Crippen molar-refractivity contribution in [2.24, 2.45) is 5.73 Å². The lowest BCUT2D eigenvalue weighted by atomic mass is 9.98. The zero-order valence-corrected chi connectivity index (χ0v) is 10.8. The zero-order chi connectivity index (χ0) is 13.8. The maximum absolute atomic E-state index is 10.7. The second-order valence-corrected chi connectivity index (χ2v) is 4.70. The van der Waals surface area contributed by atoms with Crippen LogP contribution in [0.4, 0.5) is 0 Å². The number of carbonyl (C=O) groups is 1. The molecule has 0 aromatic heterocycles. The average molecular weight is 255 g/mol. The Bertz CT molecular complexity index is 576. The van der Waals surface area contributed by atoms with Gasteiger partial charge in [-0.3, -0.25) is 4.79 Å². The Balaban J connectivity index is 2.28. The molecule has 2 aromatic carbocycles. The van der Waals surface area contributed by atoms with Crippen molar-refractivity contribution in [1.29, 1.82) is 0 Å². The van der Waals surface area contributed by atoms with Crippen LogP contribution in [0, 0.1) is 6.92 Å². The van der Waals surface area contributed by atoms with Crippen molar-refractivity contribution in [2.45, 2.75) is 19.4 Å². The van der Waals surface area contributed by atoms with Crippen molar-refractivity contribution >= 4 is 5.97 Å². The molecule has 2 rings (SSSR count). The molecule has 0 saturated heterocycles. The van der Waals surface area contributed by atoms with Gasteiger partial charge in [0.25, 0.3) is 0 Å². The minimum Gasteiger partial charge on any atom is -0.481 e. The Labute approximate surface area is 112 Å². The van der Waals surface area contributed by atoms with Crippen LogP contribution in [0.3, 0.4) is 0 Å². The first-order chi connectivity index (χ1) is 9.06. The molecule has 0 amide bonds. The van der Waals surface area contributed by atoms with E-state index < -0.39 is 12.0 Å². The van der Waals surface area contributed by atoms with E-state index in [2.05, 4.69) is 24.3 Å². The van der Waals surface area contributed by atoms with Gasteiger partial charge in [0.15, 0.2) is 0 Å². The Morgan fingerprint density at radius 1 is 1.16 bits per heavy atom. The first kappa shape index (κ1) is 13.3. The zero-order valence-electron chi connectivity index (χ0n) is 10.8. The summed E-state index contributed by atoms with van der Waals surface area (Å²) in [5, 5.41) is 8.78. The monoisotopic (exact) mass is 255 g/mol. The van der Waals surface area contributed by atoms with E-state index in [4.69, 9.17) is 10.8 Å². The molecule has 1 unspecified atom stereocenters. The van der Waals surface area contributed by atoms with Crippen LogP contribution in [0.2, 0.25) is 0 Å². The fourth-order valence-corrected chi connectivity index (χ4v) is 2.00. The van der Waals surface area contributed by atoms with Gasteiger partial charge in [0.05, 0.1) is 6.42 Å². The van der Waals surface area contributed by atoms with E-state index in [-0.39, 0.29) is 6.42 Å². The van der Waals surface area contributed by atoms with E-state index in [0.29, 0.717) is 0 Å². The molecule has 3 N–H and O–H groups in total. The summed E-state index contributed by atoms with van der Waals surface area (Å²) < 4.78 is 0. The summed E-state index contributed by atoms with van der Waals surface area (Å²) in [7, 11) is 0. The number of hydrogen-bond acceptors (Lipinski definition) is 2. The van der Waals surface area contributed by atoms with Crippen LogP contribution >= 0.6 is 0 Å². The smallest absolute Gasteiger partial charge is 0.305 e. The van der Waals surface area contributed by atoms with Gasteiger partial charge in [-0.2, -0.15) is 0 Å². The van der Waals surface area contributed by atoms with Crippen molar-refractivity contribution in [3.63, 3.8) is 0 Å². The van der Waals surface area contributed by atoms with Gasteiger partial charge in [0.1, 0.15) is 0 Å². The average Bonchev–Trinajstić information content (AvgIpc) is 2.39. The molecule has 0 heterocycles. The minimum atomic E-state index is -0.881. The number of rotatable bonds is 4. The fraction of sp³-hybridized carbons (Fsp3) is 0.188. The highest BCUT2D eigenvalue weighted by Gasteiger charge is 2.11. The van der Waals surface area contributed by atoms with E-state index in [1.807, 2.05) is 31.2 Å². The number of benzene rings is 2. The molecule has 0 aliphatic heterocycles. The molecule has 0 aliphatic rings. The topological polar surface area (TPSA) is 63.3 Å². The lowest BCUT2D eigenvalue weighted by Gasteiger charge is -2.11. The lowest BCUT2D eigenvalue weighted by Crippen LogP contribution is -2.14. The summed E-state index contributed by atoms with van der Waals surface area (Å²) in [6.45, 7) is 2.04. The van der Waals surface area contributed by atoms with Crippen molar-refractivity contribution in [1.82, 2.24) is 0 Å². The quantitative estimate of drug-likeness (QED) is 0.882. The van der Waals surface area contributed by atoms with Gasteiger partial charge >= 0.3 is 5.97 Å². The number of aryl methyl sites for hydroxylation is 1. The second kappa shape index (κ2) is 5.67. The molecular formula is C16H17NO2. The normalized spacial score (nSPS) is 12.1. The third-order valence-corrected chi connectivity index (χ3v) is 3.09. The van der Waals surface area contributed by atoms with E-state index in [1.165, 1.54) is 5.56 Å². The highest BCUT2D eigenvalue weighted by atomic mass is 16.4. The molecule has 0 radical (unpaired) electrons. The van der Waals surface area contributed by atoms with E-state index >= 15 is 0 Å². The van der Waals surface area contributed by atoms with Gasteiger partial charge in [0.2, 0.25) is 0 Å². The van der Waals surface area contributed by atoms with Crippen LogP contribution in [0.15, 0.2) is 48.5 Å². The fourth-order valence-electron chi connectivity index (χ4n) is 2.00. The van der Waals surface area contributed by atoms with Gasteiger partial charge < -0.3 is 10.8 Å². The van der Waals surface area contributed by atoms with Crippen molar-refractivity contribution in [3.8, 4) is 11.1 Å². The summed E-state index contributed by atoms with van der Waals surface area (Å²) in [5.41, 5.74) is 10.1. The molecule has 0 aliphatic carbocycles. The highest BCUT2D eigenvalue weighted by Crippen LogP contribution is 2.24. The number of hydrogen-bond donors (Lipinski definition) is 2. The Kier molecular flexibility index (Phi) is 3.97. The first-order valence-corrected chi connectivity index (χ1v) is 6.20. The van der Waals surface area contributed by atoms with E-state index in [0.717, 1.165) is 16.7 Å². The van der Waals surface area contributed by atoms with Crippen LogP contribution in [0.1, 0.15) is 23.6 Å². The second-order valence-electron chi connectivity index (χ2n) is 4.70. The number of nitrogens with two attached hydrogens (primary N) is 1. The van der Waals surface area contributed by atoms with Gasteiger partial charge in [0, 0.05) is 6.04 Å². The molecule has 3 nitrogen and oxygen atoms in total. The molecule has 1 atom stereocenters. The molecule has 0 spiro atoms. The third-order valence-electron chi connectivity index (χ3n) is 3.09. The number of carboxylic acid groups (broad SMARTS) is 1. The van der Waals surface area contributed by atoms with Crippen LogP contribution < -0.4 is 5.73 Å². The Morgan fingerprint density at radius 3 is 2.47 bits per heavy atom. The van der Waals surface area contributed by atoms with Gasteiger partial charge in [-0.25, -0.2) is 0 Å². The largest absolute Gasteiger partial charge is 0.481 e.